The van der Waals surface area contributed by atoms with Crippen LogP contribution in [-0.2, 0) is 0 Å². The van der Waals surface area contributed by atoms with Gasteiger partial charge < -0.3 is 0 Å². The van der Waals surface area contributed by atoms with Crippen molar-refractivity contribution in [3.8, 4) is 6.07 Å². The normalized spacial score (nSPS) is 9.27. The Hall–Kier alpha value is -1.43. The highest BCUT2D eigenvalue weighted by molar-refractivity contribution is 5.35. The third-order valence-electron chi connectivity index (χ3n) is 1.26. The summed E-state index contributed by atoms with van der Waals surface area (Å²) in [5.41, 5.74) is -0.337. The number of hydrogen-bond acceptors (Lipinski definition) is 1. The summed E-state index contributed by atoms with van der Waals surface area (Å²) >= 11 is 0. The first-order chi connectivity index (χ1) is 5.15. The Labute approximate surface area is 62.9 Å². The predicted octanol–water partition coefficient (Wildman–Crippen LogP) is 2.02. The summed E-state index contributed by atoms with van der Waals surface area (Å²) in [6.07, 6.45) is 0. The topological polar surface area (TPSA) is 23.8 Å². The summed E-state index contributed by atoms with van der Waals surface area (Å²) in [5.74, 6) is -1.40. The first-order valence-electron chi connectivity index (χ1n) is 2.86. The molecule has 0 N–H and O–H groups in total. The van der Waals surface area contributed by atoms with Crippen molar-refractivity contribution < 1.29 is 8.78 Å². The van der Waals surface area contributed by atoms with Crippen LogP contribution in [0.25, 0.3) is 0 Å². The molecule has 0 spiro atoms. The molecule has 0 unspecified atom stereocenters. The average Bonchev–Trinajstić information content (AvgIpc) is 1.97. The standard InChI is InChI=1S/C8H4F2N/c1-5-2-8(10)6(4-11)3-7(5)9/h2-3H,1H2. The number of rotatable bonds is 0. The molecule has 0 aliphatic heterocycles. The fourth-order valence-corrected chi connectivity index (χ4v) is 0.674. The van der Waals surface area contributed by atoms with Crippen LogP contribution < -0.4 is 0 Å². The Morgan fingerprint density at radius 1 is 1.27 bits per heavy atom. The molecule has 3 heteroatoms. The Kier molecular flexibility index (Phi) is 1.86. The molecule has 0 aromatic heterocycles. The molecule has 11 heavy (non-hydrogen) atoms. The molecule has 0 aliphatic rings. The molecule has 0 heterocycles. The molecule has 0 amide bonds. The van der Waals surface area contributed by atoms with Gasteiger partial charge in [-0.1, -0.05) is 0 Å². The van der Waals surface area contributed by atoms with E-state index >= 15 is 0 Å². The average molecular weight is 152 g/mol. The molecule has 1 nitrogen and oxygen atoms in total. The summed E-state index contributed by atoms with van der Waals surface area (Å²) in [6, 6.07) is 3.25. The van der Waals surface area contributed by atoms with Crippen molar-refractivity contribution in [2.24, 2.45) is 0 Å². The third kappa shape index (κ3) is 1.35. The highest BCUT2D eigenvalue weighted by atomic mass is 19.1. The van der Waals surface area contributed by atoms with Gasteiger partial charge in [0, 0.05) is 0 Å². The van der Waals surface area contributed by atoms with Crippen molar-refractivity contribution in [1.29, 1.82) is 5.26 Å². The fourth-order valence-electron chi connectivity index (χ4n) is 0.674. The van der Waals surface area contributed by atoms with Gasteiger partial charge in [0.25, 0.3) is 0 Å². The van der Waals surface area contributed by atoms with E-state index in [2.05, 4.69) is 6.92 Å². The second-order valence-electron chi connectivity index (χ2n) is 2.04. The first kappa shape index (κ1) is 7.67. The zero-order valence-electron chi connectivity index (χ0n) is 5.56. The molecule has 0 bridgehead atoms. The predicted molar refractivity (Wildman–Crippen MR) is 35.5 cm³/mol. The van der Waals surface area contributed by atoms with Crippen molar-refractivity contribution in [3.63, 3.8) is 0 Å². The summed E-state index contributed by atoms with van der Waals surface area (Å²) < 4.78 is 25.2. The first-order valence-corrected chi connectivity index (χ1v) is 2.86. The lowest BCUT2D eigenvalue weighted by atomic mass is 10.1. The number of nitrogens with zero attached hydrogens (tertiary/aromatic N) is 1. The van der Waals surface area contributed by atoms with Crippen LogP contribution in [0.5, 0.6) is 0 Å². The SMILES string of the molecule is [CH2]c1cc(F)c(C#N)cc1F. The summed E-state index contributed by atoms with van der Waals surface area (Å²) in [7, 11) is 0. The lowest BCUT2D eigenvalue weighted by Gasteiger charge is -1.96. The van der Waals surface area contributed by atoms with Gasteiger partial charge in [0.2, 0.25) is 0 Å². The molecular weight excluding hydrogens is 148 g/mol. The third-order valence-corrected chi connectivity index (χ3v) is 1.26. The fraction of sp³-hybridized carbons (Fsp3) is 0. The van der Waals surface area contributed by atoms with Gasteiger partial charge in [-0.15, -0.1) is 0 Å². The van der Waals surface area contributed by atoms with E-state index in [1.807, 2.05) is 0 Å². The van der Waals surface area contributed by atoms with Crippen molar-refractivity contribution in [1.82, 2.24) is 0 Å². The summed E-state index contributed by atoms with van der Waals surface area (Å²) in [5, 5.41) is 8.26. The van der Waals surface area contributed by atoms with Gasteiger partial charge >= 0.3 is 0 Å². The van der Waals surface area contributed by atoms with Gasteiger partial charge in [0.15, 0.2) is 0 Å². The van der Waals surface area contributed by atoms with E-state index in [4.69, 9.17) is 5.26 Å². The van der Waals surface area contributed by atoms with Crippen LogP contribution in [0.1, 0.15) is 11.1 Å². The van der Waals surface area contributed by atoms with Crippen molar-refractivity contribution in [3.05, 3.63) is 41.8 Å². The monoisotopic (exact) mass is 152 g/mol. The minimum absolute atomic E-state index is 0.0403. The van der Waals surface area contributed by atoms with Gasteiger partial charge in [-0.3, -0.25) is 0 Å². The van der Waals surface area contributed by atoms with Crippen LogP contribution in [-0.4, -0.2) is 0 Å². The summed E-state index contributed by atoms with van der Waals surface area (Å²) in [4.78, 5) is 0. The smallest absolute Gasteiger partial charge is 0.141 e. The molecule has 0 saturated carbocycles. The maximum atomic E-state index is 12.6. The van der Waals surface area contributed by atoms with Crippen LogP contribution in [0.15, 0.2) is 12.1 Å². The largest absolute Gasteiger partial charge is 0.207 e. The molecule has 0 fully saturated rings. The number of nitriles is 1. The molecule has 1 radical (unpaired) electrons. The zero-order chi connectivity index (χ0) is 8.43. The Bertz CT molecular complexity index is 326. The maximum absolute atomic E-state index is 12.6. The molecule has 1 rings (SSSR count). The van der Waals surface area contributed by atoms with E-state index in [0.717, 1.165) is 12.1 Å². The quantitative estimate of drug-likeness (QED) is 0.557. The minimum atomic E-state index is -0.737. The molecule has 0 saturated heterocycles. The Morgan fingerprint density at radius 3 is 2.45 bits per heavy atom. The zero-order valence-corrected chi connectivity index (χ0v) is 5.56. The van der Waals surface area contributed by atoms with Crippen LogP contribution in [0.3, 0.4) is 0 Å². The second-order valence-corrected chi connectivity index (χ2v) is 2.04. The molecule has 0 aliphatic carbocycles. The van der Waals surface area contributed by atoms with Crippen molar-refractivity contribution >= 4 is 0 Å². The van der Waals surface area contributed by atoms with E-state index in [9.17, 15) is 8.78 Å². The molecule has 1 aromatic carbocycles. The second kappa shape index (κ2) is 2.67. The molecular formula is C8H4F2N. The molecule has 0 atom stereocenters. The number of benzene rings is 1. The number of hydrogen-bond donors (Lipinski definition) is 0. The number of halogens is 2. The Balaban J connectivity index is 3.35. The van der Waals surface area contributed by atoms with E-state index in [1.165, 1.54) is 6.07 Å². The van der Waals surface area contributed by atoms with Gasteiger partial charge in [0.05, 0.1) is 5.56 Å². The lowest BCUT2D eigenvalue weighted by Crippen LogP contribution is -1.89. The Morgan fingerprint density at radius 2 is 1.91 bits per heavy atom. The highest BCUT2D eigenvalue weighted by Gasteiger charge is 2.05. The van der Waals surface area contributed by atoms with Gasteiger partial charge in [-0.2, -0.15) is 5.26 Å². The summed E-state index contributed by atoms with van der Waals surface area (Å²) in [6.45, 7) is 3.23. The van der Waals surface area contributed by atoms with E-state index < -0.39 is 11.6 Å². The van der Waals surface area contributed by atoms with Crippen molar-refractivity contribution in [2.75, 3.05) is 0 Å². The van der Waals surface area contributed by atoms with Crippen molar-refractivity contribution in [2.45, 2.75) is 0 Å². The maximum Gasteiger partial charge on any atom is 0.141 e. The van der Waals surface area contributed by atoms with Gasteiger partial charge in [-0.05, 0) is 24.6 Å². The van der Waals surface area contributed by atoms with E-state index in [0.29, 0.717) is 0 Å². The van der Waals surface area contributed by atoms with Gasteiger partial charge in [0.1, 0.15) is 17.7 Å². The van der Waals surface area contributed by atoms with Crippen LogP contribution in [0.2, 0.25) is 0 Å². The van der Waals surface area contributed by atoms with Crippen LogP contribution in [0, 0.1) is 29.9 Å². The highest BCUT2D eigenvalue weighted by Crippen LogP contribution is 2.12. The molecule has 55 valence electrons. The van der Waals surface area contributed by atoms with Crippen LogP contribution >= 0.6 is 0 Å². The van der Waals surface area contributed by atoms with E-state index in [-0.39, 0.29) is 11.1 Å². The van der Waals surface area contributed by atoms with Gasteiger partial charge in [-0.25, -0.2) is 8.78 Å². The molecule has 1 aromatic rings. The minimum Gasteiger partial charge on any atom is -0.207 e. The lowest BCUT2D eigenvalue weighted by molar-refractivity contribution is 0.593. The van der Waals surface area contributed by atoms with Crippen LogP contribution in [0.4, 0.5) is 8.78 Å². The van der Waals surface area contributed by atoms with E-state index in [1.54, 1.807) is 0 Å².